The van der Waals surface area contributed by atoms with Gasteiger partial charge in [0.2, 0.25) is 0 Å². The third kappa shape index (κ3) is 25.0. The number of halogens is 3. The van der Waals surface area contributed by atoms with E-state index in [9.17, 15) is 64.2 Å². The molecule has 0 radical (unpaired) electrons. The van der Waals surface area contributed by atoms with Crippen molar-refractivity contribution in [1.29, 1.82) is 0 Å². The number of aromatic hydroxyl groups is 1. The number of fused-ring (bicyclic) bond motifs is 8. The van der Waals surface area contributed by atoms with E-state index in [2.05, 4.69) is 47.8 Å². The molecule has 4 aliphatic heterocycles. The predicted octanol–water partition coefficient (Wildman–Crippen LogP) is 16.1. The number of alkyl halides is 3. The standard InChI is InChI=1S/C90H109Br3O26/c1-83(2,33-36-86(7,91)80(105)115-59-21-24-65-70(99)50-62(28-39-94)113-72(65)52-59)76(101)17-12-30-89(112-48-47-110-44-43-108-41-42-109-45-46-111-56-58(98)55-96,31-13-18-77(102)84(3,4)34-37-87(8,92)81(106)116-60-22-25-66-71(100)51-63(29-40-95)114-73(66)53-60)32-14-19-78(103)85(5,6)35-38-88(9,93)82(107)117-61-23-27-69-75(54-61)118-74-49-57(97)20-26-68(74)90(69)67-16-11-10-15-64(67)79(104)119-90/h10-11,15-16,20-29,39-40,49-54,58,70-71,94-100H,12-14,17-19,30-38,41-48,55-56H2,1-9H3/b39-28+,40-29+. The number of phenolic OH excluding ortho intramolecular Hbond substituents is 1. The first-order valence-corrected chi connectivity index (χ1v) is 42.3. The number of esters is 4. The van der Waals surface area contributed by atoms with E-state index in [0.717, 1.165) is 12.5 Å². The van der Waals surface area contributed by atoms with Crippen LogP contribution >= 0.6 is 47.8 Å². The van der Waals surface area contributed by atoms with Gasteiger partial charge in [-0.1, -0.05) is 108 Å². The van der Waals surface area contributed by atoms with Gasteiger partial charge in [-0.05, 0) is 165 Å². The Labute approximate surface area is 718 Å². The molecule has 0 aromatic heterocycles. The fourth-order valence-electron chi connectivity index (χ4n) is 14.2. The topological polar surface area (TPSA) is 372 Å². The first kappa shape index (κ1) is 94.7. The highest BCUT2D eigenvalue weighted by atomic mass is 79.9. The normalized spacial score (nSPS) is 18.5. The molecule has 0 aliphatic carbocycles. The van der Waals surface area contributed by atoms with Crippen LogP contribution in [-0.2, 0) is 62.8 Å². The zero-order valence-electron chi connectivity index (χ0n) is 68.6. The molecule has 4 heterocycles. The summed E-state index contributed by atoms with van der Waals surface area (Å²) in [5, 5.41) is 69.0. The van der Waals surface area contributed by atoms with E-state index in [1.807, 2.05) is 41.5 Å². The zero-order chi connectivity index (χ0) is 86.7. The lowest BCUT2D eigenvalue weighted by Crippen LogP contribution is -2.37. The van der Waals surface area contributed by atoms with Crippen LogP contribution in [0.2, 0.25) is 0 Å². The zero-order valence-corrected chi connectivity index (χ0v) is 73.4. The highest BCUT2D eigenvalue weighted by Gasteiger charge is 2.54. The van der Waals surface area contributed by atoms with Gasteiger partial charge in [-0.15, -0.1) is 0 Å². The first-order valence-electron chi connectivity index (χ1n) is 39.9. The number of hydrogen-bond acceptors (Lipinski definition) is 26. The second kappa shape index (κ2) is 41.6. The smallest absolute Gasteiger partial charge is 0.340 e. The Balaban J connectivity index is 0.877. The van der Waals surface area contributed by atoms with Crippen LogP contribution in [0.5, 0.6) is 46.0 Å². The molecule has 0 saturated heterocycles. The number of benzene rings is 5. The summed E-state index contributed by atoms with van der Waals surface area (Å²) < 4.78 is 67.6. The molecule has 9 rings (SSSR count). The number of allylic oxidation sites excluding steroid dienone is 2. The lowest BCUT2D eigenvalue weighted by molar-refractivity contribution is -0.138. The van der Waals surface area contributed by atoms with Crippen molar-refractivity contribution in [2.24, 2.45) is 16.2 Å². The monoisotopic (exact) mass is 1840 g/mol. The van der Waals surface area contributed by atoms with Crippen molar-refractivity contribution in [2.75, 3.05) is 66.1 Å². The van der Waals surface area contributed by atoms with Gasteiger partial charge >= 0.3 is 23.9 Å². The Morgan fingerprint density at radius 2 is 0.866 bits per heavy atom. The lowest BCUT2D eigenvalue weighted by Gasteiger charge is -2.36. The molecule has 5 aromatic rings. The molecule has 119 heavy (non-hydrogen) atoms. The Morgan fingerprint density at radius 1 is 0.479 bits per heavy atom. The van der Waals surface area contributed by atoms with Gasteiger partial charge in [0.25, 0.3) is 0 Å². The van der Waals surface area contributed by atoms with Crippen LogP contribution < -0.4 is 28.4 Å². The number of hydrogen-bond donors (Lipinski definition) is 7. The molecular formula is C90H109Br3O26. The summed E-state index contributed by atoms with van der Waals surface area (Å²) in [6, 6.07) is 25.5. The number of ketones is 3. The number of carbonyl (C=O) groups excluding carboxylic acids is 7. The Hall–Kier alpha value is -8.17. The van der Waals surface area contributed by atoms with Gasteiger partial charge in [-0.25, -0.2) is 4.79 Å². The molecular weight excluding hydrogens is 1740 g/mol. The fraction of sp³-hybridized carbons (Fsp3) is 0.500. The number of Topliss-reactive ketones (excluding diaryl/α,β-unsaturated/α-hetero) is 3. The Bertz CT molecular complexity index is 4410. The van der Waals surface area contributed by atoms with Crippen molar-refractivity contribution >= 4 is 89.0 Å². The van der Waals surface area contributed by atoms with E-state index in [1.54, 1.807) is 75.4 Å². The van der Waals surface area contributed by atoms with Crippen LogP contribution in [0.15, 0.2) is 145 Å². The minimum atomic E-state index is -1.43. The number of ether oxygens (including phenoxy) is 12. The van der Waals surface area contributed by atoms with E-state index in [1.165, 1.54) is 66.8 Å². The molecule has 0 amide bonds. The van der Waals surface area contributed by atoms with Crippen molar-refractivity contribution in [2.45, 2.75) is 201 Å². The van der Waals surface area contributed by atoms with Gasteiger partial charge in [0.05, 0.1) is 89.8 Å². The molecule has 29 heteroatoms. The van der Waals surface area contributed by atoms with Gasteiger partial charge in [0.1, 0.15) is 106 Å². The van der Waals surface area contributed by atoms with E-state index < -0.39 is 89.2 Å². The first-order chi connectivity index (χ1) is 56.3. The van der Waals surface area contributed by atoms with E-state index in [0.29, 0.717) is 71.9 Å². The number of phenols is 1. The van der Waals surface area contributed by atoms with Crippen molar-refractivity contribution in [3.05, 3.63) is 179 Å². The van der Waals surface area contributed by atoms with Gasteiger partial charge in [0.15, 0.2) is 5.60 Å². The maximum Gasteiger partial charge on any atom is 0.340 e. The minimum absolute atomic E-state index is 0.0197. The van der Waals surface area contributed by atoms with Crippen LogP contribution in [0.25, 0.3) is 0 Å². The predicted molar refractivity (Wildman–Crippen MR) is 450 cm³/mol. The number of carbonyl (C=O) groups is 7. The molecule has 646 valence electrons. The molecule has 0 bridgehead atoms. The molecule has 4 aliphatic rings. The molecule has 0 fully saturated rings. The van der Waals surface area contributed by atoms with Gasteiger partial charge in [-0.3, -0.25) is 28.8 Å². The summed E-state index contributed by atoms with van der Waals surface area (Å²) in [7, 11) is 0. The SMILES string of the molecule is CC(C)(CCC(C)(Br)C(=O)Oc1ccc2c(c1)OC(/C=C/O)=CC2O)C(=O)CCCC(CCCC(=O)C(C)(C)CCC(C)(Br)C(=O)Oc1ccc2c(c1)OC(/C=C/O)=CC2O)(CCCC(=O)C(C)(C)CCC(C)(Br)C(=O)Oc1ccc2c(c1)Oc1cc(O)ccc1C21OC(=O)c2ccccc21)OCCOCCOCCOCCOCC(O)CO. The fourth-order valence-corrected chi connectivity index (χ4v) is 15.1. The summed E-state index contributed by atoms with van der Waals surface area (Å²) in [5.74, 6) is -1.13. The largest absolute Gasteiger partial charge is 0.515 e. The average Bonchev–Trinajstić information content (AvgIpc) is 1.58. The molecule has 26 nitrogen and oxygen atoms in total. The summed E-state index contributed by atoms with van der Waals surface area (Å²) in [5.41, 5.74) is -2.58. The summed E-state index contributed by atoms with van der Waals surface area (Å²) >= 11 is 10.8. The lowest BCUT2D eigenvalue weighted by atomic mass is 9.76. The van der Waals surface area contributed by atoms with E-state index in [-0.39, 0.29) is 192 Å². The van der Waals surface area contributed by atoms with Crippen LogP contribution in [0.4, 0.5) is 0 Å². The van der Waals surface area contributed by atoms with Crippen molar-refractivity contribution < 1.29 is 126 Å². The maximum atomic E-state index is 14.7. The van der Waals surface area contributed by atoms with Crippen LogP contribution in [0, 0.1) is 16.2 Å². The second-order valence-corrected chi connectivity index (χ2v) is 38.1. The molecule has 7 unspecified atom stereocenters. The third-order valence-corrected chi connectivity index (χ3v) is 24.2. The average molecular weight is 1850 g/mol. The van der Waals surface area contributed by atoms with Crippen LogP contribution in [-0.4, -0.2) is 168 Å². The summed E-state index contributed by atoms with van der Waals surface area (Å²) in [6.45, 7) is 17.1. The molecule has 0 saturated carbocycles. The van der Waals surface area contributed by atoms with Crippen LogP contribution in [0.1, 0.15) is 209 Å². The van der Waals surface area contributed by atoms with Crippen molar-refractivity contribution in [1.82, 2.24) is 0 Å². The maximum absolute atomic E-state index is 14.7. The number of aliphatic hydroxyl groups excluding tert-OH is 6. The second-order valence-electron chi connectivity index (χ2n) is 32.8. The summed E-state index contributed by atoms with van der Waals surface area (Å²) in [6.07, 6.45) is 7.34. The minimum Gasteiger partial charge on any atom is -0.515 e. The third-order valence-electron chi connectivity index (χ3n) is 22.1. The van der Waals surface area contributed by atoms with Gasteiger partial charge in [0, 0.05) is 99.7 Å². The van der Waals surface area contributed by atoms with Crippen molar-refractivity contribution in [3.63, 3.8) is 0 Å². The van der Waals surface area contributed by atoms with Crippen LogP contribution in [0.3, 0.4) is 0 Å². The highest BCUT2D eigenvalue weighted by Crippen LogP contribution is 2.57. The molecule has 7 N–H and O–H groups in total. The van der Waals surface area contributed by atoms with Gasteiger partial charge in [-0.2, -0.15) is 0 Å². The quantitative estimate of drug-likeness (QED) is 0.00625. The number of aliphatic hydroxyl groups is 6. The number of rotatable bonds is 48. The Kier molecular flexibility index (Phi) is 33.1. The van der Waals surface area contributed by atoms with Crippen molar-refractivity contribution in [3.8, 4) is 46.0 Å². The molecule has 7 atom stereocenters. The highest BCUT2D eigenvalue weighted by molar-refractivity contribution is 9.10. The molecule has 1 spiro atoms. The van der Waals surface area contributed by atoms with E-state index >= 15 is 0 Å². The summed E-state index contributed by atoms with van der Waals surface area (Å²) in [4.78, 5) is 99.4. The molecule has 5 aromatic carbocycles. The van der Waals surface area contributed by atoms with E-state index in [4.69, 9.17) is 61.9 Å². The van der Waals surface area contributed by atoms with Gasteiger partial charge < -0.3 is 92.6 Å². The Morgan fingerprint density at radius 3 is 1.29 bits per heavy atom.